The number of hydrogen-bond donors (Lipinski definition) is 1. The van der Waals surface area contributed by atoms with Crippen LogP contribution in [0.15, 0.2) is 60.7 Å². The van der Waals surface area contributed by atoms with Crippen molar-refractivity contribution in [2.75, 3.05) is 5.45 Å². The van der Waals surface area contributed by atoms with Crippen LogP contribution < -0.4 is 0 Å². The van der Waals surface area contributed by atoms with E-state index in [-0.39, 0.29) is 17.6 Å². The molecule has 2 aliphatic rings. The number of amides is 2. The van der Waals surface area contributed by atoms with Crippen LogP contribution in [0.4, 0.5) is 0 Å². The van der Waals surface area contributed by atoms with E-state index < -0.39 is 27.5 Å². The quantitative estimate of drug-likeness (QED) is 0.389. The lowest BCUT2D eigenvalue weighted by Crippen LogP contribution is -2.54. The van der Waals surface area contributed by atoms with E-state index in [9.17, 15) is 14.7 Å². The Kier molecular flexibility index (Phi) is 4.60. The molecule has 0 saturated carbocycles. The lowest BCUT2D eigenvalue weighted by Gasteiger charge is -2.42. The number of rotatable bonds is 3. The molecule has 28 heavy (non-hydrogen) atoms. The maximum absolute atomic E-state index is 13.3. The molecule has 2 aromatic carbocycles. The number of carbonyl (C=O) groups excluding carboxylic acids is 2. The average Bonchev–Trinajstić information content (AvgIpc) is 2.85. The van der Waals surface area contributed by atoms with E-state index >= 15 is 0 Å². The SMILES string of the molecule is C=CC1=CC[C@@]2(Cl)C(=O)N(CBr)C(=O)[C@@]2(Cl)[C@H]1c1c(O)ccc2ccccc12. The summed E-state index contributed by atoms with van der Waals surface area (Å²) in [6, 6.07) is 10.8. The first kappa shape index (κ1) is 19.5. The molecular formula is C21H16BrCl2NO3. The van der Waals surface area contributed by atoms with Crippen LogP contribution in [-0.4, -0.2) is 37.0 Å². The minimum absolute atomic E-state index is 0.00866. The lowest BCUT2D eigenvalue weighted by atomic mass is 9.67. The van der Waals surface area contributed by atoms with Gasteiger partial charge >= 0.3 is 0 Å². The number of phenols is 1. The first-order valence-electron chi connectivity index (χ1n) is 8.64. The van der Waals surface area contributed by atoms with Gasteiger partial charge in [-0.05, 0) is 28.8 Å². The summed E-state index contributed by atoms with van der Waals surface area (Å²) in [5, 5.41) is 12.4. The number of benzene rings is 2. The van der Waals surface area contributed by atoms with Crippen molar-refractivity contribution in [2.24, 2.45) is 0 Å². The van der Waals surface area contributed by atoms with Crippen molar-refractivity contribution >= 4 is 61.7 Å². The molecule has 1 saturated heterocycles. The second-order valence-electron chi connectivity index (χ2n) is 6.94. The zero-order valence-corrected chi connectivity index (χ0v) is 17.8. The number of aromatic hydroxyl groups is 1. The predicted octanol–water partition coefficient (Wildman–Crippen LogP) is 4.82. The third kappa shape index (κ3) is 2.30. The molecule has 0 bridgehead atoms. The molecule has 4 nitrogen and oxygen atoms in total. The average molecular weight is 481 g/mol. The largest absolute Gasteiger partial charge is 0.508 e. The van der Waals surface area contributed by atoms with Crippen LogP contribution in [0.2, 0.25) is 0 Å². The Morgan fingerprint density at radius 2 is 1.93 bits per heavy atom. The number of phenolic OH excluding ortho intramolecular Hbond substituents is 1. The predicted molar refractivity (Wildman–Crippen MR) is 114 cm³/mol. The molecule has 0 radical (unpaired) electrons. The number of carbonyl (C=O) groups is 2. The van der Waals surface area contributed by atoms with Gasteiger partial charge in [0.2, 0.25) is 0 Å². The highest BCUT2D eigenvalue weighted by Crippen LogP contribution is 2.60. The second-order valence-corrected chi connectivity index (χ2v) is 8.68. The smallest absolute Gasteiger partial charge is 0.254 e. The fourth-order valence-corrected chi connectivity index (χ4v) is 5.60. The minimum atomic E-state index is -1.79. The number of imide groups is 1. The van der Waals surface area contributed by atoms with Crippen molar-refractivity contribution in [1.82, 2.24) is 4.90 Å². The fraction of sp³-hybridized carbons (Fsp3) is 0.238. The van der Waals surface area contributed by atoms with Gasteiger partial charge in [-0.15, -0.1) is 23.2 Å². The van der Waals surface area contributed by atoms with Crippen molar-refractivity contribution < 1.29 is 14.7 Å². The van der Waals surface area contributed by atoms with Crippen molar-refractivity contribution in [1.29, 1.82) is 0 Å². The molecule has 0 aromatic heterocycles. The topological polar surface area (TPSA) is 57.6 Å². The third-order valence-corrected chi connectivity index (χ3v) is 7.57. The molecule has 1 aliphatic heterocycles. The number of nitrogens with zero attached hydrogens (tertiary/aromatic N) is 1. The highest BCUT2D eigenvalue weighted by atomic mass is 79.9. The van der Waals surface area contributed by atoms with Crippen molar-refractivity contribution in [2.45, 2.75) is 22.1 Å². The zero-order valence-electron chi connectivity index (χ0n) is 14.7. The van der Waals surface area contributed by atoms with E-state index in [2.05, 4.69) is 22.5 Å². The molecule has 1 fully saturated rings. The number of halogens is 3. The summed E-state index contributed by atoms with van der Waals surface area (Å²) in [5.41, 5.74) is 1.10. The zero-order chi connectivity index (χ0) is 20.3. The second kappa shape index (κ2) is 6.61. The standard InChI is InChI=1S/C21H16BrCl2NO3/c1-2-12-9-10-20(23)18(27)25(11-22)19(28)21(20,24)17(12)16-14-6-4-3-5-13(14)7-8-15(16)26/h2-9,17,26H,1,10-11H2/t17-,20-,21+/m1/s1. The molecule has 7 heteroatoms. The molecule has 0 spiro atoms. The lowest BCUT2D eigenvalue weighted by molar-refractivity contribution is -0.138. The van der Waals surface area contributed by atoms with Crippen LogP contribution in [-0.2, 0) is 9.59 Å². The summed E-state index contributed by atoms with van der Waals surface area (Å²) in [4.78, 5) is 23.9. The van der Waals surface area contributed by atoms with Crippen LogP contribution in [0.25, 0.3) is 10.8 Å². The Morgan fingerprint density at radius 3 is 2.61 bits per heavy atom. The monoisotopic (exact) mass is 479 g/mol. The Bertz CT molecular complexity index is 1070. The van der Waals surface area contributed by atoms with Crippen molar-refractivity contribution in [3.63, 3.8) is 0 Å². The Hall–Kier alpha value is -1.82. The number of hydrogen-bond acceptors (Lipinski definition) is 3. The molecule has 2 amide bonds. The summed E-state index contributed by atoms with van der Waals surface area (Å²) >= 11 is 17.0. The summed E-state index contributed by atoms with van der Waals surface area (Å²) in [7, 11) is 0. The van der Waals surface area contributed by atoms with E-state index in [1.165, 1.54) is 0 Å². The van der Waals surface area contributed by atoms with E-state index in [1.807, 2.05) is 24.3 Å². The molecule has 1 aliphatic carbocycles. The molecular weight excluding hydrogens is 465 g/mol. The van der Waals surface area contributed by atoms with Crippen LogP contribution >= 0.6 is 39.1 Å². The number of fused-ring (bicyclic) bond motifs is 2. The van der Waals surface area contributed by atoms with Gasteiger partial charge in [0.25, 0.3) is 11.8 Å². The number of likely N-dealkylation sites (tertiary alicyclic amines) is 1. The van der Waals surface area contributed by atoms with Gasteiger partial charge in [0.15, 0.2) is 9.75 Å². The first-order chi connectivity index (χ1) is 13.3. The molecule has 2 aromatic rings. The van der Waals surface area contributed by atoms with Gasteiger partial charge in [-0.1, -0.05) is 65.0 Å². The normalized spacial score (nSPS) is 29.8. The molecule has 4 rings (SSSR count). The van der Waals surface area contributed by atoms with Gasteiger partial charge in [-0.25, -0.2) is 0 Å². The number of alkyl halides is 3. The van der Waals surface area contributed by atoms with Crippen LogP contribution in [0.5, 0.6) is 5.75 Å². The highest BCUT2D eigenvalue weighted by molar-refractivity contribution is 9.09. The minimum Gasteiger partial charge on any atom is -0.508 e. The molecule has 0 unspecified atom stereocenters. The molecule has 1 heterocycles. The van der Waals surface area contributed by atoms with E-state index in [4.69, 9.17) is 23.2 Å². The van der Waals surface area contributed by atoms with Gasteiger partial charge in [0.1, 0.15) is 5.75 Å². The summed E-state index contributed by atoms with van der Waals surface area (Å²) < 4.78 is 0. The van der Waals surface area contributed by atoms with E-state index in [0.717, 1.165) is 15.7 Å². The first-order valence-corrected chi connectivity index (χ1v) is 10.5. The number of allylic oxidation sites excluding steroid dienone is 3. The summed E-state index contributed by atoms with van der Waals surface area (Å²) in [6.45, 7) is 3.85. The van der Waals surface area contributed by atoms with E-state index in [1.54, 1.807) is 24.3 Å². The van der Waals surface area contributed by atoms with Gasteiger partial charge < -0.3 is 5.11 Å². The van der Waals surface area contributed by atoms with Crippen LogP contribution in [0.3, 0.4) is 0 Å². The van der Waals surface area contributed by atoms with Crippen LogP contribution in [0, 0.1) is 0 Å². The molecule has 3 atom stereocenters. The van der Waals surface area contributed by atoms with Gasteiger partial charge in [0, 0.05) is 11.5 Å². The fourth-order valence-electron chi connectivity index (χ4n) is 4.28. The summed E-state index contributed by atoms with van der Waals surface area (Å²) in [5.74, 6) is -1.99. The Labute approximate surface area is 180 Å². The van der Waals surface area contributed by atoms with E-state index in [0.29, 0.717) is 11.1 Å². The maximum atomic E-state index is 13.3. The van der Waals surface area contributed by atoms with Gasteiger partial charge in [-0.2, -0.15) is 0 Å². The highest BCUT2D eigenvalue weighted by Gasteiger charge is 2.72. The molecule has 144 valence electrons. The van der Waals surface area contributed by atoms with Gasteiger partial charge in [-0.3, -0.25) is 14.5 Å². The van der Waals surface area contributed by atoms with Crippen LogP contribution in [0.1, 0.15) is 17.9 Å². The Balaban J connectivity index is 2.08. The molecule has 1 N–H and O–H groups in total. The Morgan fingerprint density at radius 1 is 1.21 bits per heavy atom. The van der Waals surface area contributed by atoms with Gasteiger partial charge in [0.05, 0.1) is 5.45 Å². The third-order valence-electron chi connectivity index (χ3n) is 5.66. The van der Waals surface area contributed by atoms with Crippen molar-refractivity contribution in [3.8, 4) is 5.75 Å². The van der Waals surface area contributed by atoms with Crippen molar-refractivity contribution in [3.05, 3.63) is 66.3 Å². The maximum Gasteiger partial charge on any atom is 0.254 e. The summed E-state index contributed by atoms with van der Waals surface area (Å²) in [6.07, 6.45) is 3.46.